The molecule has 1 fully saturated rings. The first-order valence-corrected chi connectivity index (χ1v) is 10.7. The number of aromatic nitrogens is 2. The van der Waals surface area contributed by atoms with E-state index in [0.29, 0.717) is 49.1 Å². The van der Waals surface area contributed by atoms with Crippen molar-refractivity contribution in [2.75, 3.05) is 13.1 Å². The molecule has 9 heteroatoms. The zero-order valence-electron chi connectivity index (χ0n) is 15.8. The number of piperidine rings is 1. The van der Waals surface area contributed by atoms with E-state index in [-0.39, 0.29) is 18.3 Å². The first kappa shape index (κ1) is 21.4. The Morgan fingerprint density at radius 3 is 2.31 bits per heavy atom. The van der Waals surface area contributed by atoms with Crippen molar-refractivity contribution in [1.29, 1.82) is 0 Å². The molecule has 1 aromatic heterocycles. The minimum Gasteiger partial charge on any atom is -0.339 e. The maximum absolute atomic E-state index is 12.7. The molecule has 0 radical (unpaired) electrons. The minimum atomic E-state index is -3.46. The lowest BCUT2D eigenvalue weighted by atomic mass is 9.98. The average molecular weight is 435 g/mol. The van der Waals surface area contributed by atoms with Crippen molar-refractivity contribution in [2.24, 2.45) is 5.73 Å². The van der Waals surface area contributed by atoms with Crippen LogP contribution < -0.4 is 5.73 Å². The van der Waals surface area contributed by atoms with Gasteiger partial charge in [0.2, 0.25) is 21.7 Å². The van der Waals surface area contributed by atoms with Crippen LogP contribution in [0.1, 0.15) is 30.2 Å². The average Bonchev–Trinajstić information content (AvgIpc) is 3.25. The maximum Gasteiger partial charge on any atom is 0.243 e. The number of nitrogens with two attached hydrogens (primary N) is 1. The SMILES string of the molecule is Cl.NCc1ccc(-c2noc(C3CCN(S(=O)(=O)c4ccccc4)CC3)n2)cc1. The molecule has 0 bridgehead atoms. The van der Waals surface area contributed by atoms with Gasteiger partial charge in [-0.25, -0.2) is 8.42 Å². The number of nitrogens with zero attached hydrogens (tertiary/aromatic N) is 3. The van der Waals surface area contributed by atoms with Crippen molar-refractivity contribution < 1.29 is 12.9 Å². The summed E-state index contributed by atoms with van der Waals surface area (Å²) in [4.78, 5) is 4.86. The summed E-state index contributed by atoms with van der Waals surface area (Å²) in [7, 11) is -3.46. The molecule has 4 rings (SSSR count). The Kier molecular flexibility index (Phi) is 6.69. The molecule has 7 nitrogen and oxygen atoms in total. The molecule has 3 aromatic rings. The fourth-order valence-electron chi connectivity index (χ4n) is 3.39. The van der Waals surface area contributed by atoms with E-state index in [2.05, 4.69) is 10.1 Å². The highest BCUT2D eigenvalue weighted by Crippen LogP contribution is 2.31. The van der Waals surface area contributed by atoms with Crippen molar-refractivity contribution in [1.82, 2.24) is 14.4 Å². The molecule has 0 unspecified atom stereocenters. The van der Waals surface area contributed by atoms with Crippen LogP contribution in [0.25, 0.3) is 11.4 Å². The zero-order chi connectivity index (χ0) is 19.6. The van der Waals surface area contributed by atoms with Crippen molar-refractivity contribution in [2.45, 2.75) is 30.2 Å². The Bertz CT molecular complexity index is 1030. The van der Waals surface area contributed by atoms with Crippen LogP contribution in [0.2, 0.25) is 0 Å². The zero-order valence-corrected chi connectivity index (χ0v) is 17.4. The molecule has 2 aromatic carbocycles. The molecule has 0 saturated carbocycles. The van der Waals surface area contributed by atoms with Crippen LogP contribution in [-0.4, -0.2) is 36.0 Å². The molecule has 1 saturated heterocycles. The van der Waals surface area contributed by atoms with Crippen LogP contribution in [0, 0.1) is 0 Å². The summed E-state index contributed by atoms with van der Waals surface area (Å²) in [6, 6.07) is 16.3. The second-order valence-corrected chi connectivity index (χ2v) is 8.79. The van der Waals surface area contributed by atoms with Gasteiger partial charge in [0.25, 0.3) is 0 Å². The number of hydrogen-bond donors (Lipinski definition) is 1. The number of halogens is 1. The molecule has 0 amide bonds. The molecule has 1 aliphatic heterocycles. The lowest BCUT2D eigenvalue weighted by Crippen LogP contribution is -2.37. The molecule has 0 aliphatic carbocycles. The Morgan fingerprint density at radius 2 is 1.69 bits per heavy atom. The Hall–Kier alpha value is -2.26. The van der Waals surface area contributed by atoms with Gasteiger partial charge < -0.3 is 10.3 Å². The summed E-state index contributed by atoms with van der Waals surface area (Å²) in [5.41, 5.74) is 7.54. The second kappa shape index (κ2) is 9.04. The first-order valence-electron chi connectivity index (χ1n) is 9.26. The van der Waals surface area contributed by atoms with E-state index in [1.54, 1.807) is 24.3 Å². The van der Waals surface area contributed by atoms with Gasteiger partial charge in [-0.05, 0) is 30.5 Å². The largest absolute Gasteiger partial charge is 0.339 e. The minimum absolute atomic E-state index is 0. The lowest BCUT2D eigenvalue weighted by Gasteiger charge is -2.29. The van der Waals surface area contributed by atoms with Crippen LogP contribution in [0.15, 0.2) is 64.0 Å². The van der Waals surface area contributed by atoms with Crippen LogP contribution >= 0.6 is 12.4 Å². The van der Waals surface area contributed by atoms with E-state index in [9.17, 15) is 8.42 Å². The van der Waals surface area contributed by atoms with Gasteiger partial charge in [-0.2, -0.15) is 9.29 Å². The normalized spacial score (nSPS) is 15.8. The van der Waals surface area contributed by atoms with Crippen molar-refractivity contribution in [3.05, 3.63) is 66.1 Å². The molecular weight excluding hydrogens is 412 g/mol. The fraction of sp³-hybridized carbons (Fsp3) is 0.300. The van der Waals surface area contributed by atoms with Gasteiger partial charge in [-0.1, -0.05) is 47.6 Å². The third-order valence-electron chi connectivity index (χ3n) is 5.07. The predicted molar refractivity (Wildman–Crippen MR) is 112 cm³/mol. The second-order valence-electron chi connectivity index (χ2n) is 6.85. The summed E-state index contributed by atoms with van der Waals surface area (Å²) in [5.74, 6) is 1.17. The van der Waals surface area contributed by atoms with Gasteiger partial charge in [0, 0.05) is 31.1 Å². The van der Waals surface area contributed by atoms with Crippen LogP contribution in [0.4, 0.5) is 0 Å². The third-order valence-corrected chi connectivity index (χ3v) is 6.99. The van der Waals surface area contributed by atoms with Gasteiger partial charge in [-0.3, -0.25) is 0 Å². The number of rotatable bonds is 5. The molecule has 29 heavy (non-hydrogen) atoms. The Balaban J connectivity index is 0.00000240. The Labute approximate surface area is 176 Å². The standard InChI is InChI=1S/C20H22N4O3S.ClH/c21-14-15-6-8-16(9-7-15)19-22-20(27-23-19)17-10-12-24(13-11-17)28(25,26)18-4-2-1-3-5-18;/h1-9,17H,10-14,21H2;1H. The van der Waals surface area contributed by atoms with Gasteiger partial charge in [-0.15, -0.1) is 12.4 Å². The smallest absolute Gasteiger partial charge is 0.243 e. The number of sulfonamides is 1. The Morgan fingerprint density at radius 1 is 1.03 bits per heavy atom. The van der Waals surface area contributed by atoms with E-state index < -0.39 is 10.0 Å². The summed E-state index contributed by atoms with van der Waals surface area (Å²) in [5, 5.41) is 4.08. The van der Waals surface area contributed by atoms with Crippen LogP contribution in [0.3, 0.4) is 0 Å². The van der Waals surface area contributed by atoms with Crippen LogP contribution in [-0.2, 0) is 16.6 Å². The monoisotopic (exact) mass is 434 g/mol. The van der Waals surface area contributed by atoms with Gasteiger partial charge in [0.15, 0.2) is 0 Å². The summed E-state index contributed by atoms with van der Waals surface area (Å²) in [6.45, 7) is 1.36. The van der Waals surface area contributed by atoms with Gasteiger partial charge >= 0.3 is 0 Å². The molecule has 2 heterocycles. The van der Waals surface area contributed by atoms with E-state index >= 15 is 0 Å². The summed E-state index contributed by atoms with van der Waals surface area (Å²) < 4.78 is 32.5. The maximum atomic E-state index is 12.7. The van der Waals surface area contributed by atoms with Crippen molar-refractivity contribution in [3.63, 3.8) is 0 Å². The molecule has 0 atom stereocenters. The molecule has 1 aliphatic rings. The quantitative estimate of drug-likeness (QED) is 0.661. The highest BCUT2D eigenvalue weighted by atomic mass is 35.5. The molecule has 0 spiro atoms. The summed E-state index contributed by atoms with van der Waals surface area (Å²) in [6.07, 6.45) is 1.31. The topological polar surface area (TPSA) is 102 Å². The molecular formula is C20H23ClN4O3S. The van der Waals surface area contributed by atoms with E-state index in [1.807, 2.05) is 30.3 Å². The van der Waals surface area contributed by atoms with Gasteiger partial charge in [0.05, 0.1) is 4.90 Å². The van der Waals surface area contributed by atoms with Crippen molar-refractivity contribution in [3.8, 4) is 11.4 Å². The third kappa shape index (κ3) is 4.51. The highest BCUT2D eigenvalue weighted by Gasteiger charge is 2.32. The summed E-state index contributed by atoms with van der Waals surface area (Å²) >= 11 is 0. The number of benzene rings is 2. The molecule has 154 valence electrons. The van der Waals surface area contributed by atoms with Crippen molar-refractivity contribution >= 4 is 22.4 Å². The molecule has 2 N–H and O–H groups in total. The van der Waals surface area contributed by atoms with E-state index in [0.717, 1.165) is 11.1 Å². The highest BCUT2D eigenvalue weighted by molar-refractivity contribution is 7.89. The number of hydrogen-bond acceptors (Lipinski definition) is 6. The predicted octanol–water partition coefficient (Wildman–Crippen LogP) is 3.19. The van der Waals surface area contributed by atoms with E-state index in [1.165, 1.54) is 4.31 Å². The fourth-order valence-corrected chi connectivity index (χ4v) is 4.88. The van der Waals surface area contributed by atoms with E-state index in [4.69, 9.17) is 10.3 Å². The lowest BCUT2D eigenvalue weighted by molar-refractivity contribution is 0.271. The van der Waals surface area contributed by atoms with Gasteiger partial charge in [0.1, 0.15) is 0 Å². The van der Waals surface area contributed by atoms with Crippen LogP contribution in [0.5, 0.6) is 0 Å². The first-order chi connectivity index (χ1) is 13.6.